The minimum atomic E-state index is -3.36. The van der Waals surface area contributed by atoms with Crippen molar-refractivity contribution in [1.82, 2.24) is 29.3 Å². The summed E-state index contributed by atoms with van der Waals surface area (Å²) in [5.41, 5.74) is 5.06. The maximum atomic E-state index is 11.8. The van der Waals surface area contributed by atoms with Gasteiger partial charge in [-0.25, -0.2) is 33.3 Å². The van der Waals surface area contributed by atoms with Crippen LogP contribution in [0, 0.1) is 6.92 Å². The summed E-state index contributed by atoms with van der Waals surface area (Å²) in [5.74, 6) is 1.14. The van der Waals surface area contributed by atoms with Crippen LogP contribution in [-0.2, 0) is 16.3 Å². The molecule has 1 aliphatic rings. The van der Waals surface area contributed by atoms with Crippen LogP contribution in [0.25, 0.3) is 5.65 Å². The molecule has 0 amide bonds. The van der Waals surface area contributed by atoms with Crippen LogP contribution in [0.1, 0.15) is 42.6 Å². The van der Waals surface area contributed by atoms with Gasteiger partial charge >= 0.3 is 0 Å². The molecule has 0 atom stereocenters. The van der Waals surface area contributed by atoms with E-state index in [1.54, 1.807) is 25.5 Å². The van der Waals surface area contributed by atoms with Gasteiger partial charge in [0.05, 0.1) is 17.6 Å². The van der Waals surface area contributed by atoms with Crippen molar-refractivity contribution in [3.8, 4) is 0 Å². The number of rotatable bonds is 6. The van der Waals surface area contributed by atoms with Gasteiger partial charge in [0.1, 0.15) is 12.0 Å². The van der Waals surface area contributed by atoms with Crippen molar-refractivity contribution in [1.29, 1.82) is 0 Å². The molecule has 0 radical (unpaired) electrons. The number of piperidine rings is 1. The number of nitrogens with one attached hydrogen (secondary N) is 1. The van der Waals surface area contributed by atoms with Crippen molar-refractivity contribution in [2.45, 2.75) is 44.1 Å². The molecule has 5 heterocycles. The molecule has 5 rings (SSSR count). The minimum Gasteiger partial charge on any atom is -0.350 e. The van der Waals surface area contributed by atoms with Gasteiger partial charge in [-0.15, -0.1) is 0 Å². The average Bonchev–Trinajstić information content (AvgIpc) is 3.30. The van der Waals surface area contributed by atoms with Crippen LogP contribution in [0.2, 0.25) is 0 Å². The predicted molar refractivity (Wildman–Crippen MR) is 134 cm³/mol. The number of anilines is 3. The van der Waals surface area contributed by atoms with E-state index in [1.165, 1.54) is 6.07 Å². The van der Waals surface area contributed by atoms with Crippen LogP contribution >= 0.6 is 0 Å². The second-order valence-corrected chi connectivity index (χ2v) is 10.8. The lowest BCUT2D eigenvalue weighted by molar-refractivity contribution is 0.488. The smallest absolute Gasteiger partial charge is 0.225 e. The Balaban J connectivity index is 1.34. The Labute approximate surface area is 204 Å². The number of imidazole rings is 1. The number of sulfone groups is 1. The molecule has 0 aliphatic carbocycles. The van der Waals surface area contributed by atoms with Gasteiger partial charge in [0, 0.05) is 49.5 Å². The first-order valence-corrected chi connectivity index (χ1v) is 13.5. The Bertz CT molecular complexity index is 1460. The van der Waals surface area contributed by atoms with E-state index in [4.69, 9.17) is 0 Å². The standard InChI is InChI=1S/C24H28N8O2S/c1-4-17-11-27-24(28-12-17)31-9-7-18(8-10-31)21-14-26-23-20(13-25-15-32(21)23)30-19-5-6-22(29-16(19)2)35(3,33)34/h5-6,11-15,18,30H,4,7-10H2,1-3H3. The average molecular weight is 493 g/mol. The van der Waals surface area contributed by atoms with Crippen LogP contribution in [0.4, 0.5) is 17.3 Å². The van der Waals surface area contributed by atoms with Crippen molar-refractivity contribution in [3.05, 3.63) is 60.2 Å². The third-order valence-corrected chi connectivity index (χ3v) is 7.44. The molecule has 1 saturated heterocycles. The first-order valence-electron chi connectivity index (χ1n) is 11.6. The van der Waals surface area contributed by atoms with Gasteiger partial charge in [0.25, 0.3) is 0 Å². The number of nitrogens with zero attached hydrogens (tertiary/aromatic N) is 7. The van der Waals surface area contributed by atoms with Crippen LogP contribution in [0.5, 0.6) is 0 Å². The van der Waals surface area contributed by atoms with E-state index in [0.717, 1.165) is 67.1 Å². The molecule has 0 aromatic carbocycles. The van der Waals surface area contributed by atoms with Crippen molar-refractivity contribution in [2.24, 2.45) is 0 Å². The molecule has 182 valence electrons. The Hall–Kier alpha value is -3.60. The molecule has 1 N–H and O–H groups in total. The fourth-order valence-corrected chi connectivity index (χ4v) is 5.03. The summed E-state index contributed by atoms with van der Waals surface area (Å²) < 4.78 is 25.6. The van der Waals surface area contributed by atoms with Gasteiger partial charge in [-0.2, -0.15) is 0 Å². The van der Waals surface area contributed by atoms with Crippen LogP contribution < -0.4 is 10.2 Å². The number of aryl methyl sites for hydroxylation is 2. The minimum absolute atomic E-state index is 0.0537. The maximum Gasteiger partial charge on any atom is 0.225 e. The quantitative estimate of drug-likeness (QED) is 0.432. The number of hydrogen-bond donors (Lipinski definition) is 1. The van der Waals surface area contributed by atoms with E-state index in [-0.39, 0.29) is 5.03 Å². The summed E-state index contributed by atoms with van der Waals surface area (Å²) >= 11 is 0. The molecule has 4 aromatic rings. The van der Waals surface area contributed by atoms with Gasteiger partial charge in [-0.05, 0) is 43.9 Å². The van der Waals surface area contributed by atoms with E-state index in [0.29, 0.717) is 17.3 Å². The molecule has 10 nitrogen and oxygen atoms in total. The molecular formula is C24H28N8O2S. The van der Waals surface area contributed by atoms with E-state index in [9.17, 15) is 8.42 Å². The Morgan fingerprint density at radius 2 is 1.77 bits per heavy atom. The third-order valence-electron chi connectivity index (χ3n) is 6.46. The SMILES string of the molecule is CCc1cnc(N2CCC(c3cnc4c(Nc5ccc(S(C)(=O)=O)nc5C)cncn34)CC2)nc1. The molecule has 1 fully saturated rings. The topological polar surface area (TPSA) is 118 Å². The molecule has 4 aromatic heterocycles. The molecule has 0 bridgehead atoms. The van der Waals surface area contributed by atoms with E-state index < -0.39 is 9.84 Å². The highest BCUT2D eigenvalue weighted by Gasteiger charge is 2.25. The molecule has 11 heteroatoms. The predicted octanol–water partition coefficient (Wildman–Crippen LogP) is 3.32. The van der Waals surface area contributed by atoms with Crippen LogP contribution in [0.15, 0.2) is 48.3 Å². The summed E-state index contributed by atoms with van der Waals surface area (Å²) in [4.78, 5) is 24.6. The summed E-state index contributed by atoms with van der Waals surface area (Å²) in [6.45, 7) is 5.63. The fourth-order valence-electron chi connectivity index (χ4n) is 4.41. The maximum absolute atomic E-state index is 11.8. The van der Waals surface area contributed by atoms with E-state index in [1.807, 2.05) is 23.0 Å². The third kappa shape index (κ3) is 4.68. The second kappa shape index (κ2) is 9.21. The molecule has 0 saturated carbocycles. The summed E-state index contributed by atoms with van der Waals surface area (Å²) in [7, 11) is -3.36. The highest BCUT2D eigenvalue weighted by Crippen LogP contribution is 2.31. The number of fused-ring (bicyclic) bond motifs is 1. The lowest BCUT2D eigenvalue weighted by Crippen LogP contribution is -2.34. The molecule has 0 spiro atoms. The van der Waals surface area contributed by atoms with Crippen molar-refractivity contribution in [3.63, 3.8) is 0 Å². The number of pyridine rings is 1. The lowest BCUT2D eigenvalue weighted by Gasteiger charge is -2.31. The van der Waals surface area contributed by atoms with Gasteiger partial charge in [0.15, 0.2) is 20.5 Å². The van der Waals surface area contributed by atoms with Gasteiger partial charge in [0.2, 0.25) is 5.95 Å². The normalized spacial score (nSPS) is 15.0. The van der Waals surface area contributed by atoms with Gasteiger partial charge in [-0.3, -0.25) is 4.40 Å². The van der Waals surface area contributed by atoms with Crippen molar-refractivity contribution >= 4 is 32.8 Å². The first-order chi connectivity index (χ1) is 16.8. The first kappa shape index (κ1) is 23.2. The zero-order valence-electron chi connectivity index (χ0n) is 20.0. The highest BCUT2D eigenvalue weighted by atomic mass is 32.2. The lowest BCUT2D eigenvalue weighted by atomic mass is 9.94. The van der Waals surface area contributed by atoms with Crippen LogP contribution in [0.3, 0.4) is 0 Å². The van der Waals surface area contributed by atoms with E-state index in [2.05, 4.69) is 42.1 Å². The van der Waals surface area contributed by atoms with Gasteiger partial charge in [-0.1, -0.05) is 6.92 Å². The Morgan fingerprint density at radius 3 is 2.43 bits per heavy atom. The van der Waals surface area contributed by atoms with Gasteiger partial charge < -0.3 is 10.2 Å². The van der Waals surface area contributed by atoms with Crippen molar-refractivity contribution in [2.75, 3.05) is 29.6 Å². The zero-order valence-corrected chi connectivity index (χ0v) is 20.8. The summed E-state index contributed by atoms with van der Waals surface area (Å²) in [5, 5.41) is 3.37. The second-order valence-electron chi connectivity index (χ2n) is 8.87. The number of hydrogen-bond acceptors (Lipinski definition) is 9. The number of aromatic nitrogens is 6. The molecular weight excluding hydrogens is 464 g/mol. The fraction of sp³-hybridized carbons (Fsp3) is 0.375. The molecule has 1 aliphatic heterocycles. The van der Waals surface area contributed by atoms with Crippen molar-refractivity contribution < 1.29 is 8.42 Å². The summed E-state index contributed by atoms with van der Waals surface area (Å²) in [6, 6.07) is 3.22. The Morgan fingerprint density at radius 1 is 1.03 bits per heavy atom. The monoisotopic (exact) mass is 492 g/mol. The Kier molecular flexibility index (Phi) is 6.10. The molecule has 35 heavy (non-hydrogen) atoms. The molecule has 0 unspecified atom stereocenters. The van der Waals surface area contributed by atoms with Crippen LogP contribution in [-0.4, -0.2) is 57.1 Å². The summed E-state index contributed by atoms with van der Waals surface area (Å²) in [6.07, 6.45) is 13.3. The highest BCUT2D eigenvalue weighted by molar-refractivity contribution is 7.90. The zero-order chi connectivity index (χ0) is 24.6. The van der Waals surface area contributed by atoms with E-state index >= 15 is 0 Å². The largest absolute Gasteiger partial charge is 0.350 e.